The van der Waals surface area contributed by atoms with Crippen LogP contribution < -0.4 is 24.8 Å². The average molecular weight is 355 g/mol. The van der Waals surface area contributed by atoms with Crippen molar-refractivity contribution in [3.8, 4) is 0 Å². The zero-order valence-electron chi connectivity index (χ0n) is 12.4. The van der Waals surface area contributed by atoms with Crippen LogP contribution in [0.2, 0.25) is 0 Å². The van der Waals surface area contributed by atoms with E-state index in [1.54, 1.807) is 0 Å². The SMILES string of the molecule is [Cl-].[Cl-].[NH-]CCC([NH-])(C1CCCCC1)C1CCCCC1.[Ti+4]. The summed E-state index contributed by atoms with van der Waals surface area (Å²) in [5, 5.41) is 0. The Morgan fingerprint density at radius 3 is 1.40 bits per heavy atom. The van der Waals surface area contributed by atoms with E-state index in [0.29, 0.717) is 18.4 Å². The molecule has 0 amide bonds. The van der Waals surface area contributed by atoms with Gasteiger partial charge in [-0.05, 0) is 0 Å². The molecule has 0 aromatic heterocycles. The number of rotatable bonds is 4. The molecular weight excluding hydrogens is 327 g/mol. The average Bonchev–Trinajstić information content (AvgIpc) is 2.41. The Labute approximate surface area is 152 Å². The number of hydrogen-bond donors (Lipinski definition) is 0. The quantitative estimate of drug-likeness (QED) is 0.604. The van der Waals surface area contributed by atoms with Crippen molar-refractivity contribution in [3.63, 3.8) is 0 Å². The molecule has 2 N–H and O–H groups in total. The van der Waals surface area contributed by atoms with E-state index in [-0.39, 0.29) is 52.1 Å². The molecule has 0 radical (unpaired) electrons. The van der Waals surface area contributed by atoms with Gasteiger partial charge in [-0.1, -0.05) is 82.5 Å². The van der Waals surface area contributed by atoms with Gasteiger partial charge in [0.2, 0.25) is 0 Å². The fraction of sp³-hybridized carbons (Fsp3) is 1.00. The van der Waals surface area contributed by atoms with Gasteiger partial charge >= 0.3 is 21.7 Å². The van der Waals surface area contributed by atoms with Crippen molar-refractivity contribution in [1.29, 1.82) is 0 Å². The molecule has 2 saturated carbocycles. The maximum absolute atomic E-state index is 8.99. The molecule has 20 heavy (non-hydrogen) atoms. The van der Waals surface area contributed by atoms with Crippen LogP contribution in [0.4, 0.5) is 0 Å². The molecule has 0 aliphatic heterocycles. The van der Waals surface area contributed by atoms with Crippen LogP contribution in [0.25, 0.3) is 11.5 Å². The van der Waals surface area contributed by atoms with E-state index in [0.717, 1.165) is 6.42 Å². The zero-order valence-corrected chi connectivity index (χ0v) is 15.5. The molecule has 0 saturated heterocycles. The van der Waals surface area contributed by atoms with Gasteiger partial charge < -0.3 is 36.3 Å². The Morgan fingerprint density at radius 1 is 0.750 bits per heavy atom. The fourth-order valence-electron chi connectivity index (χ4n) is 4.18. The minimum Gasteiger partial charge on any atom is -1.00 e. The van der Waals surface area contributed by atoms with Gasteiger partial charge in [-0.3, -0.25) is 0 Å². The van der Waals surface area contributed by atoms with Crippen molar-refractivity contribution in [1.82, 2.24) is 0 Å². The molecule has 5 heteroatoms. The Morgan fingerprint density at radius 2 is 1.10 bits per heavy atom. The molecule has 0 unspecified atom stereocenters. The Bertz CT molecular complexity index is 212. The van der Waals surface area contributed by atoms with Crippen LogP contribution in [0, 0.1) is 11.8 Å². The van der Waals surface area contributed by atoms with Crippen LogP contribution in [0.1, 0.15) is 70.6 Å². The third-order valence-corrected chi connectivity index (χ3v) is 5.21. The first-order chi connectivity index (χ1) is 8.27. The third kappa shape index (κ3) is 5.78. The molecule has 0 spiro atoms. The summed E-state index contributed by atoms with van der Waals surface area (Å²) in [6.07, 6.45) is 13.9. The molecule has 0 aromatic carbocycles. The molecule has 0 bridgehead atoms. The van der Waals surface area contributed by atoms with E-state index in [9.17, 15) is 0 Å². The van der Waals surface area contributed by atoms with Crippen LogP contribution in [-0.2, 0) is 21.7 Å². The molecule has 116 valence electrons. The molecule has 2 fully saturated rings. The summed E-state index contributed by atoms with van der Waals surface area (Å²) in [7, 11) is 0. The van der Waals surface area contributed by atoms with Crippen LogP contribution in [0.15, 0.2) is 0 Å². The first kappa shape index (κ1) is 23.5. The van der Waals surface area contributed by atoms with Crippen molar-refractivity contribution in [2.24, 2.45) is 11.8 Å². The fourth-order valence-corrected chi connectivity index (χ4v) is 4.18. The van der Waals surface area contributed by atoms with Gasteiger partial charge in [-0.25, -0.2) is 0 Å². The van der Waals surface area contributed by atoms with E-state index < -0.39 is 0 Å². The Balaban J connectivity index is 0. The number of halogens is 2. The van der Waals surface area contributed by atoms with Gasteiger partial charge in [0.05, 0.1) is 0 Å². The van der Waals surface area contributed by atoms with Crippen LogP contribution in [0.3, 0.4) is 0 Å². The van der Waals surface area contributed by atoms with Crippen molar-refractivity contribution in [3.05, 3.63) is 11.5 Å². The minimum absolute atomic E-state index is 0. The largest absolute Gasteiger partial charge is 4.00 e. The molecule has 0 atom stereocenters. The van der Waals surface area contributed by atoms with Gasteiger partial charge in [0.15, 0.2) is 0 Å². The maximum Gasteiger partial charge on any atom is 4.00 e. The van der Waals surface area contributed by atoms with Crippen molar-refractivity contribution in [2.45, 2.75) is 76.2 Å². The Hall–Kier alpha value is 1.21. The monoisotopic (exact) mass is 354 g/mol. The van der Waals surface area contributed by atoms with Crippen LogP contribution in [-0.4, -0.2) is 12.1 Å². The van der Waals surface area contributed by atoms with Gasteiger partial charge in [0, 0.05) is 0 Å². The van der Waals surface area contributed by atoms with E-state index in [4.69, 9.17) is 11.5 Å². The Kier molecular flexibility index (Phi) is 13.8. The number of nitrogens with one attached hydrogen (secondary N) is 2. The van der Waals surface area contributed by atoms with Gasteiger partial charge in [0.1, 0.15) is 0 Å². The minimum atomic E-state index is -0.247. The van der Waals surface area contributed by atoms with Gasteiger partial charge in [-0.2, -0.15) is 6.54 Å². The summed E-state index contributed by atoms with van der Waals surface area (Å²) in [5.74, 6) is 1.20. The molecule has 2 nitrogen and oxygen atoms in total. The first-order valence-corrected chi connectivity index (χ1v) is 7.67. The molecule has 2 aliphatic carbocycles. The number of hydrogen-bond acceptors (Lipinski definition) is 0. The molecule has 2 rings (SSSR count). The second-order valence-corrected chi connectivity index (χ2v) is 6.21. The topological polar surface area (TPSA) is 47.6 Å². The molecule has 0 heterocycles. The van der Waals surface area contributed by atoms with Gasteiger partial charge in [0.25, 0.3) is 0 Å². The standard InChI is InChI=1S/C15H28N2.2ClH.Ti/c16-12-11-15(17,13-7-3-1-4-8-13)14-9-5-2-6-10-14;;;/h13-14,16-17H,1-12H2;2*1H;/q-2;;;+4/p-2. The van der Waals surface area contributed by atoms with E-state index in [1.807, 2.05) is 0 Å². The molecule has 2 aliphatic rings. The predicted molar refractivity (Wildman–Crippen MR) is 74.0 cm³/mol. The predicted octanol–water partition coefficient (Wildman–Crippen LogP) is -0.614. The van der Waals surface area contributed by atoms with Crippen molar-refractivity contribution >= 4 is 0 Å². The van der Waals surface area contributed by atoms with Crippen molar-refractivity contribution < 1.29 is 46.5 Å². The summed E-state index contributed by atoms with van der Waals surface area (Å²) >= 11 is 0. The van der Waals surface area contributed by atoms with Crippen LogP contribution >= 0.6 is 0 Å². The van der Waals surface area contributed by atoms with E-state index in [2.05, 4.69) is 0 Å². The third-order valence-electron chi connectivity index (χ3n) is 5.21. The second kappa shape index (κ2) is 11.7. The summed E-state index contributed by atoms with van der Waals surface area (Å²) in [6.45, 7) is 0.455. The summed E-state index contributed by atoms with van der Waals surface area (Å²) in [4.78, 5) is 0. The smallest absolute Gasteiger partial charge is 1.00 e. The van der Waals surface area contributed by atoms with Crippen molar-refractivity contribution in [2.75, 3.05) is 6.54 Å². The zero-order chi connectivity index (χ0) is 12.1. The molecule has 0 aromatic rings. The summed E-state index contributed by atoms with van der Waals surface area (Å²) in [5.41, 5.74) is 16.3. The van der Waals surface area contributed by atoms with Crippen LogP contribution in [0.5, 0.6) is 0 Å². The molecular formula is C15H28Cl2N2Ti. The van der Waals surface area contributed by atoms with E-state index in [1.165, 1.54) is 64.2 Å². The maximum atomic E-state index is 8.99. The normalized spacial score (nSPS) is 21.3. The second-order valence-electron chi connectivity index (χ2n) is 6.21. The first-order valence-electron chi connectivity index (χ1n) is 7.67. The summed E-state index contributed by atoms with van der Waals surface area (Å²) in [6, 6.07) is 0. The summed E-state index contributed by atoms with van der Waals surface area (Å²) < 4.78 is 0. The van der Waals surface area contributed by atoms with Gasteiger partial charge in [-0.15, -0.1) is 5.54 Å². The van der Waals surface area contributed by atoms with E-state index >= 15 is 0 Å².